The van der Waals surface area contributed by atoms with Crippen molar-refractivity contribution in [1.82, 2.24) is 14.8 Å². The summed E-state index contributed by atoms with van der Waals surface area (Å²) in [6.07, 6.45) is 2.61. The van der Waals surface area contributed by atoms with Crippen LogP contribution in [0.3, 0.4) is 0 Å². The number of aromatic nitrogens is 1. The molecule has 226 valence electrons. The highest BCUT2D eigenvalue weighted by Crippen LogP contribution is 2.32. The van der Waals surface area contributed by atoms with Crippen molar-refractivity contribution in [3.63, 3.8) is 0 Å². The van der Waals surface area contributed by atoms with E-state index in [4.69, 9.17) is 14.2 Å². The van der Waals surface area contributed by atoms with Crippen molar-refractivity contribution in [2.45, 2.75) is 32.4 Å². The fourth-order valence-corrected chi connectivity index (χ4v) is 5.35. The Balaban J connectivity index is 1.42. The van der Waals surface area contributed by atoms with E-state index in [1.54, 1.807) is 41.1 Å². The van der Waals surface area contributed by atoms with Crippen LogP contribution in [0.1, 0.15) is 41.3 Å². The van der Waals surface area contributed by atoms with E-state index in [0.29, 0.717) is 35.2 Å². The first kappa shape index (κ1) is 30.4. The quantitative estimate of drug-likeness (QED) is 0.160. The maximum Gasteiger partial charge on any atom is 0.410 e. The number of fused-ring (bicyclic) bond motifs is 1. The first-order valence-electron chi connectivity index (χ1n) is 14.4. The van der Waals surface area contributed by atoms with Crippen LogP contribution in [0.5, 0.6) is 5.75 Å². The molecular formula is C34H33FN4O5. The van der Waals surface area contributed by atoms with E-state index in [0.717, 1.165) is 18.4 Å². The summed E-state index contributed by atoms with van der Waals surface area (Å²) in [6, 6.07) is 20.6. The molecule has 0 saturated carbocycles. The van der Waals surface area contributed by atoms with Crippen LogP contribution in [0.4, 0.5) is 9.18 Å². The summed E-state index contributed by atoms with van der Waals surface area (Å²) in [6.45, 7) is 3.18. The van der Waals surface area contributed by atoms with Gasteiger partial charge in [-0.05, 0) is 66.8 Å². The number of pyridine rings is 1. The van der Waals surface area contributed by atoms with Crippen LogP contribution in [-0.2, 0) is 16.1 Å². The molecule has 0 unspecified atom stereocenters. The highest BCUT2D eigenvalue weighted by molar-refractivity contribution is 6.09. The highest BCUT2D eigenvalue weighted by Gasteiger charge is 2.33. The van der Waals surface area contributed by atoms with Gasteiger partial charge >= 0.3 is 6.09 Å². The number of benzene rings is 3. The SMILES string of the molecule is CCOCOc1cnc2ccc(-c3cc(F)cc(C#N)c3)cc2c1C(=O)N(C)C[C@@H]1CCCN1C(=O)OCc1ccccc1. The molecule has 1 aromatic heterocycles. The molecule has 2 amide bonds. The number of carbonyl (C=O) groups excluding carboxylic acids is 2. The topological polar surface area (TPSA) is 105 Å². The van der Waals surface area contributed by atoms with Crippen molar-refractivity contribution in [2.24, 2.45) is 0 Å². The van der Waals surface area contributed by atoms with Crippen LogP contribution in [0, 0.1) is 17.1 Å². The summed E-state index contributed by atoms with van der Waals surface area (Å²) in [7, 11) is 1.68. The van der Waals surface area contributed by atoms with E-state index < -0.39 is 11.9 Å². The van der Waals surface area contributed by atoms with Crippen molar-refractivity contribution in [3.05, 3.63) is 95.4 Å². The molecule has 0 N–H and O–H groups in total. The normalized spacial score (nSPS) is 14.3. The van der Waals surface area contributed by atoms with E-state index in [1.807, 2.05) is 43.3 Å². The molecular weight excluding hydrogens is 563 g/mol. The maximum atomic E-state index is 14.3. The molecule has 10 heteroatoms. The average molecular weight is 597 g/mol. The molecule has 1 aliphatic rings. The molecule has 0 spiro atoms. The Bertz CT molecular complexity index is 1690. The summed E-state index contributed by atoms with van der Waals surface area (Å²) in [5.74, 6) is -0.629. The predicted molar refractivity (Wildman–Crippen MR) is 162 cm³/mol. The Morgan fingerprint density at radius 1 is 1.11 bits per heavy atom. The highest BCUT2D eigenvalue weighted by atomic mass is 19.1. The van der Waals surface area contributed by atoms with Crippen LogP contribution in [0.15, 0.2) is 72.9 Å². The number of nitriles is 1. The summed E-state index contributed by atoms with van der Waals surface area (Å²) < 4.78 is 31.1. The zero-order valence-corrected chi connectivity index (χ0v) is 24.7. The summed E-state index contributed by atoms with van der Waals surface area (Å²) in [5, 5.41) is 9.84. The lowest BCUT2D eigenvalue weighted by atomic mass is 9.98. The number of rotatable bonds is 10. The largest absolute Gasteiger partial charge is 0.465 e. The Morgan fingerprint density at radius 2 is 1.93 bits per heavy atom. The Kier molecular flexibility index (Phi) is 9.67. The summed E-state index contributed by atoms with van der Waals surface area (Å²) in [5.41, 5.74) is 3.00. The second kappa shape index (κ2) is 14.0. The van der Waals surface area contributed by atoms with Gasteiger partial charge in [-0.15, -0.1) is 0 Å². The van der Waals surface area contributed by atoms with Gasteiger partial charge in [0.25, 0.3) is 5.91 Å². The van der Waals surface area contributed by atoms with Gasteiger partial charge in [0, 0.05) is 32.1 Å². The van der Waals surface area contributed by atoms with Gasteiger partial charge < -0.3 is 24.0 Å². The lowest BCUT2D eigenvalue weighted by Gasteiger charge is -2.29. The molecule has 44 heavy (non-hydrogen) atoms. The first-order valence-corrected chi connectivity index (χ1v) is 14.4. The van der Waals surface area contributed by atoms with Gasteiger partial charge in [0.15, 0.2) is 12.5 Å². The van der Waals surface area contributed by atoms with Gasteiger partial charge in [0.05, 0.1) is 35.0 Å². The van der Waals surface area contributed by atoms with Crippen molar-refractivity contribution < 1.29 is 28.2 Å². The molecule has 1 fully saturated rings. The van der Waals surface area contributed by atoms with Gasteiger partial charge in [0.2, 0.25) is 0 Å². The number of nitrogens with zero attached hydrogens (tertiary/aromatic N) is 4. The molecule has 5 rings (SSSR count). The minimum absolute atomic E-state index is 0.0769. The predicted octanol–water partition coefficient (Wildman–Crippen LogP) is 6.16. The number of likely N-dealkylation sites (tertiary alicyclic amines) is 1. The number of halogens is 1. The van der Waals surface area contributed by atoms with Gasteiger partial charge in [-0.3, -0.25) is 9.78 Å². The van der Waals surface area contributed by atoms with Gasteiger partial charge in [0.1, 0.15) is 12.4 Å². The fourth-order valence-electron chi connectivity index (χ4n) is 5.35. The number of amides is 2. The second-order valence-corrected chi connectivity index (χ2v) is 10.5. The second-order valence-electron chi connectivity index (χ2n) is 10.5. The fraction of sp³-hybridized carbons (Fsp3) is 0.294. The lowest BCUT2D eigenvalue weighted by Crippen LogP contribution is -2.44. The van der Waals surface area contributed by atoms with Crippen molar-refractivity contribution in [1.29, 1.82) is 5.26 Å². The third-order valence-electron chi connectivity index (χ3n) is 7.56. The molecule has 0 aliphatic carbocycles. The molecule has 0 radical (unpaired) electrons. The maximum absolute atomic E-state index is 14.3. The number of carbonyl (C=O) groups is 2. The Labute approximate surface area is 255 Å². The minimum atomic E-state index is -0.537. The molecule has 1 atom stereocenters. The Hall–Kier alpha value is -5.01. The van der Waals surface area contributed by atoms with E-state index in [2.05, 4.69) is 4.98 Å². The van der Waals surface area contributed by atoms with Crippen LogP contribution in [0.25, 0.3) is 22.0 Å². The standard InChI is InChI=1S/C34H33FN4O5/c1-3-42-22-44-31-19-37-30-12-11-25(26-14-24(18-36)15-27(35)16-26)17-29(30)32(31)33(40)38(2)20-28-10-7-13-39(28)34(41)43-21-23-8-5-4-6-9-23/h4-6,8-9,11-12,14-17,19,28H,3,7,10,13,20-22H2,1-2H3/t28-/m0/s1. The zero-order chi connectivity index (χ0) is 31.1. The van der Waals surface area contributed by atoms with Crippen LogP contribution in [-0.4, -0.2) is 66.4 Å². The van der Waals surface area contributed by atoms with E-state index in [-0.39, 0.29) is 48.8 Å². The number of hydrogen-bond acceptors (Lipinski definition) is 7. The van der Waals surface area contributed by atoms with Crippen molar-refractivity contribution in [2.75, 3.05) is 33.5 Å². The van der Waals surface area contributed by atoms with Crippen molar-refractivity contribution >= 4 is 22.9 Å². The minimum Gasteiger partial charge on any atom is -0.465 e. The number of hydrogen-bond donors (Lipinski definition) is 0. The number of ether oxygens (including phenoxy) is 3. The smallest absolute Gasteiger partial charge is 0.410 e. The van der Waals surface area contributed by atoms with E-state index in [9.17, 15) is 19.2 Å². The zero-order valence-electron chi connectivity index (χ0n) is 24.7. The monoisotopic (exact) mass is 596 g/mol. The molecule has 4 aromatic rings. The van der Waals surface area contributed by atoms with Gasteiger partial charge in [-0.25, -0.2) is 9.18 Å². The van der Waals surface area contributed by atoms with E-state index >= 15 is 0 Å². The Morgan fingerprint density at radius 3 is 2.70 bits per heavy atom. The molecule has 1 aliphatic heterocycles. The molecule has 3 aromatic carbocycles. The van der Waals surface area contributed by atoms with Crippen LogP contribution < -0.4 is 4.74 Å². The summed E-state index contributed by atoms with van der Waals surface area (Å²) in [4.78, 5) is 34.8. The van der Waals surface area contributed by atoms with Crippen LogP contribution in [0.2, 0.25) is 0 Å². The first-order chi connectivity index (χ1) is 21.4. The molecule has 2 heterocycles. The van der Waals surface area contributed by atoms with Crippen LogP contribution >= 0.6 is 0 Å². The third-order valence-corrected chi connectivity index (χ3v) is 7.56. The number of likely N-dealkylation sites (N-methyl/N-ethyl adjacent to an activating group) is 1. The lowest BCUT2D eigenvalue weighted by molar-refractivity contribution is 0.0214. The molecule has 1 saturated heterocycles. The van der Waals surface area contributed by atoms with Gasteiger partial charge in [-0.2, -0.15) is 5.26 Å². The van der Waals surface area contributed by atoms with E-state index in [1.165, 1.54) is 18.3 Å². The average Bonchev–Trinajstić information content (AvgIpc) is 3.51. The third kappa shape index (κ3) is 6.96. The molecule has 0 bridgehead atoms. The van der Waals surface area contributed by atoms with Crippen molar-refractivity contribution in [3.8, 4) is 22.9 Å². The summed E-state index contributed by atoms with van der Waals surface area (Å²) >= 11 is 0. The molecule has 9 nitrogen and oxygen atoms in total. The van der Waals surface area contributed by atoms with Gasteiger partial charge in [-0.1, -0.05) is 36.4 Å².